The van der Waals surface area contributed by atoms with Crippen LogP contribution in [0.5, 0.6) is 0 Å². The molecular weight excluding hydrogens is 192 g/mol. The van der Waals surface area contributed by atoms with Crippen LogP contribution in [0.3, 0.4) is 0 Å². The van der Waals surface area contributed by atoms with Crippen molar-refractivity contribution in [1.29, 1.82) is 0 Å². The molecule has 0 N–H and O–H groups in total. The molecule has 1 spiro atoms. The zero-order chi connectivity index (χ0) is 10.7. The topological polar surface area (TPSA) is 35.5 Å². The average molecular weight is 210 g/mol. The fourth-order valence-corrected chi connectivity index (χ4v) is 2.42. The minimum Gasteiger partial charge on any atom is -0.458 e. The van der Waals surface area contributed by atoms with E-state index in [-0.39, 0.29) is 17.7 Å². The summed E-state index contributed by atoms with van der Waals surface area (Å²) in [7, 11) is 0. The fraction of sp³-hybridized carbons (Fsp3) is 0.750. The molecule has 3 nitrogen and oxygen atoms in total. The van der Waals surface area contributed by atoms with Gasteiger partial charge in [-0.15, -0.1) is 0 Å². The van der Waals surface area contributed by atoms with Crippen LogP contribution in [0.1, 0.15) is 39.0 Å². The molecule has 15 heavy (non-hydrogen) atoms. The minimum absolute atomic E-state index is 0.0467. The first-order valence-corrected chi connectivity index (χ1v) is 5.71. The Balaban J connectivity index is 2.00. The van der Waals surface area contributed by atoms with Crippen molar-refractivity contribution in [3.63, 3.8) is 0 Å². The summed E-state index contributed by atoms with van der Waals surface area (Å²) in [6, 6.07) is 0. The summed E-state index contributed by atoms with van der Waals surface area (Å²) >= 11 is 0. The highest BCUT2D eigenvalue weighted by molar-refractivity contribution is 5.66. The fourth-order valence-electron chi connectivity index (χ4n) is 2.42. The van der Waals surface area contributed by atoms with Crippen LogP contribution in [0.4, 0.5) is 0 Å². The molecule has 1 heterocycles. The van der Waals surface area contributed by atoms with Gasteiger partial charge in [0.2, 0.25) is 0 Å². The number of esters is 1. The molecule has 0 bridgehead atoms. The van der Waals surface area contributed by atoms with Crippen LogP contribution < -0.4 is 0 Å². The molecule has 2 aliphatic rings. The summed E-state index contributed by atoms with van der Waals surface area (Å²) in [6.45, 7) is 2.32. The Morgan fingerprint density at radius 3 is 2.93 bits per heavy atom. The average Bonchev–Trinajstić information content (AvgIpc) is 2.53. The van der Waals surface area contributed by atoms with Gasteiger partial charge in [0.05, 0.1) is 5.60 Å². The monoisotopic (exact) mass is 210 g/mol. The van der Waals surface area contributed by atoms with E-state index >= 15 is 0 Å². The Bertz CT molecular complexity index is 264. The lowest BCUT2D eigenvalue weighted by atomic mass is 9.95. The Hall–Kier alpha value is -0.830. The van der Waals surface area contributed by atoms with E-state index in [2.05, 4.69) is 6.08 Å². The van der Waals surface area contributed by atoms with Crippen molar-refractivity contribution in [2.24, 2.45) is 0 Å². The number of rotatable bonds is 1. The van der Waals surface area contributed by atoms with Crippen molar-refractivity contribution >= 4 is 5.97 Å². The highest BCUT2D eigenvalue weighted by Gasteiger charge is 2.34. The van der Waals surface area contributed by atoms with E-state index in [4.69, 9.17) is 9.47 Å². The summed E-state index contributed by atoms with van der Waals surface area (Å²) in [5.74, 6) is -0.201. The van der Waals surface area contributed by atoms with E-state index in [0.717, 1.165) is 38.7 Å². The molecular formula is C12H18O3. The molecule has 2 atom stereocenters. The lowest BCUT2D eigenvalue weighted by Gasteiger charge is -2.22. The third-order valence-electron chi connectivity index (χ3n) is 3.15. The molecule has 0 aromatic heterocycles. The van der Waals surface area contributed by atoms with Crippen molar-refractivity contribution in [1.82, 2.24) is 0 Å². The van der Waals surface area contributed by atoms with Crippen LogP contribution >= 0.6 is 0 Å². The Morgan fingerprint density at radius 1 is 1.47 bits per heavy atom. The summed E-state index contributed by atoms with van der Waals surface area (Å²) in [6.07, 6.45) is 9.35. The SMILES string of the molecule is CC(=O)OC1C=CC2(CCCO2)CCC1. The van der Waals surface area contributed by atoms with Crippen LogP contribution in [-0.2, 0) is 14.3 Å². The van der Waals surface area contributed by atoms with Gasteiger partial charge in [-0.05, 0) is 38.2 Å². The van der Waals surface area contributed by atoms with Gasteiger partial charge in [0.15, 0.2) is 0 Å². The second kappa shape index (κ2) is 4.35. The lowest BCUT2D eigenvalue weighted by Crippen LogP contribution is -2.23. The molecule has 2 rings (SSSR count). The molecule has 0 aromatic rings. The molecule has 0 saturated carbocycles. The van der Waals surface area contributed by atoms with Gasteiger partial charge < -0.3 is 9.47 Å². The van der Waals surface area contributed by atoms with E-state index in [1.807, 2.05) is 6.08 Å². The zero-order valence-electron chi connectivity index (χ0n) is 9.20. The Kier molecular flexibility index (Phi) is 3.10. The van der Waals surface area contributed by atoms with Crippen molar-refractivity contribution in [3.05, 3.63) is 12.2 Å². The summed E-state index contributed by atoms with van der Waals surface area (Å²) in [5, 5.41) is 0. The van der Waals surface area contributed by atoms with Crippen LogP contribution in [0.15, 0.2) is 12.2 Å². The van der Waals surface area contributed by atoms with Crippen molar-refractivity contribution < 1.29 is 14.3 Å². The summed E-state index contributed by atoms with van der Waals surface area (Å²) in [5.41, 5.74) is -0.0467. The molecule has 2 unspecified atom stereocenters. The Morgan fingerprint density at radius 2 is 2.27 bits per heavy atom. The molecule has 0 radical (unpaired) electrons. The van der Waals surface area contributed by atoms with Crippen LogP contribution in [0.2, 0.25) is 0 Å². The van der Waals surface area contributed by atoms with Crippen molar-refractivity contribution in [2.45, 2.75) is 50.7 Å². The maximum absolute atomic E-state index is 10.8. The summed E-state index contributed by atoms with van der Waals surface area (Å²) in [4.78, 5) is 10.8. The lowest BCUT2D eigenvalue weighted by molar-refractivity contribution is -0.144. The van der Waals surface area contributed by atoms with Crippen LogP contribution in [0.25, 0.3) is 0 Å². The zero-order valence-corrected chi connectivity index (χ0v) is 9.20. The van der Waals surface area contributed by atoms with E-state index in [1.54, 1.807) is 0 Å². The van der Waals surface area contributed by atoms with Crippen molar-refractivity contribution in [2.75, 3.05) is 6.61 Å². The van der Waals surface area contributed by atoms with Crippen molar-refractivity contribution in [3.8, 4) is 0 Å². The third kappa shape index (κ3) is 2.59. The van der Waals surface area contributed by atoms with Gasteiger partial charge in [-0.3, -0.25) is 4.79 Å². The number of carbonyl (C=O) groups excluding carboxylic acids is 1. The number of ether oxygens (including phenoxy) is 2. The second-order valence-corrected chi connectivity index (χ2v) is 4.42. The molecule has 1 saturated heterocycles. The highest BCUT2D eigenvalue weighted by Crippen LogP contribution is 2.34. The van der Waals surface area contributed by atoms with Gasteiger partial charge >= 0.3 is 5.97 Å². The molecule has 84 valence electrons. The third-order valence-corrected chi connectivity index (χ3v) is 3.15. The van der Waals surface area contributed by atoms with Gasteiger partial charge in [0, 0.05) is 13.5 Å². The number of hydrogen-bond donors (Lipinski definition) is 0. The first-order valence-electron chi connectivity index (χ1n) is 5.71. The van der Waals surface area contributed by atoms with E-state index in [9.17, 15) is 4.79 Å². The predicted octanol–water partition coefficient (Wildman–Crippen LogP) is 2.21. The molecule has 1 aliphatic heterocycles. The Labute approximate surface area is 90.4 Å². The van der Waals surface area contributed by atoms with E-state index < -0.39 is 0 Å². The molecule has 0 amide bonds. The molecule has 1 fully saturated rings. The number of hydrogen-bond acceptors (Lipinski definition) is 3. The standard InChI is InChI=1S/C12H18O3/c1-10(13)15-11-4-2-6-12(8-5-11)7-3-9-14-12/h5,8,11H,2-4,6-7,9H2,1H3. The van der Waals surface area contributed by atoms with Crippen LogP contribution in [-0.4, -0.2) is 24.3 Å². The molecule has 3 heteroatoms. The minimum atomic E-state index is -0.201. The maximum atomic E-state index is 10.8. The maximum Gasteiger partial charge on any atom is 0.303 e. The van der Waals surface area contributed by atoms with Gasteiger partial charge in [-0.1, -0.05) is 6.08 Å². The quantitative estimate of drug-likeness (QED) is 0.491. The van der Waals surface area contributed by atoms with E-state index in [0.29, 0.717) is 0 Å². The molecule has 0 aromatic carbocycles. The highest BCUT2D eigenvalue weighted by atomic mass is 16.5. The van der Waals surface area contributed by atoms with Gasteiger partial charge in [-0.25, -0.2) is 0 Å². The largest absolute Gasteiger partial charge is 0.458 e. The van der Waals surface area contributed by atoms with E-state index in [1.165, 1.54) is 6.92 Å². The summed E-state index contributed by atoms with van der Waals surface area (Å²) < 4.78 is 11.0. The molecule has 1 aliphatic carbocycles. The van der Waals surface area contributed by atoms with Gasteiger partial charge in [0.25, 0.3) is 0 Å². The van der Waals surface area contributed by atoms with Crippen LogP contribution in [0, 0.1) is 0 Å². The van der Waals surface area contributed by atoms with Gasteiger partial charge in [0.1, 0.15) is 6.10 Å². The smallest absolute Gasteiger partial charge is 0.303 e. The first-order chi connectivity index (χ1) is 7.20. The van der Waals surface area contributed by atoms with Gasteiger partial charge in [-0.2, -0.15) is 0 Å². The normalized spacial score (nSPS) is 35.4. The second-order valence-electron chi connectivity index (χ2n) is 4.42. The first kappa shape index (κ1) is 10.7. The number of carbonyl (C=O) groups is 1. The predicted molar refractivity (Wildman–Crippen MR) is 56.5 cm³/mol.